The SMILES string of the molecule is Cc1cccc(C)c1NC(=O)COc1cccc2ccc(NN)nc12. The van der Waals surface area contributed by atoms with E-state index in [2.05, 4.69) is 15.7 Å². The maximum Gasteiger partial charge on any atom is 0.262 e. The minimum Gasteiger partial charge on any atom is -0.481 e. The van der Waals surface area contributed by atoms with E-state index in [1.54, 1.807) is 12.1 Å². The molecule has 1 aromatic heterocycles. The molecule has 0 spiro atoms. The molecule has 25 heavy (non-hydrogen) atoms. The maximum atomic E-state index is 12.3. The molecule has 2 aromatic carbocycles. The average molecular weight is 336 g/mol. The molecule has 0 aliphatic carbocycles. The number of hydrazine groups is 1. The van der Waals surface area contributed by atoms with E-state index in [0.29, 0.717) is 17.1 Å². The molecule has 6 nitrogen and oxygen atoms in total. The predicted molar refractivity (Wildman–Crippen MR) is 99.6 cm³/mol. The molecular weight excluding hydrogens is 316 g/mol. The van der Waals surface area contributed by atoms with E-state index in [1.807, 2.05) is 50.2 Å². The maximum absolute atomic E-state index is 12.3. The van der Waals surface area contributed by atoms with Gasteiger partial charge in [-0.2, -0.15) is 0 Å². The topological polar surface area (TPSA) is 89.3 Å². The zero-order valence-electron chi connectivity index (χ0n) is 14.2. The zero-order valence-corrected chi connectivity index (χ0v) is 14.2. The molecule has 4 N–H and O–H groups in total. The van der Waals surface area contributed by atoms with E-state index in [1.165, 1.54) is 0 Å². The van der Waals surface area contributed by atoms with Gasteiger partial charge in [0.2, 0.25) is 0 Å². The van der Waals surface area contributed by atoms with E-state index < -0.39 is 0 Å². The molecule has 0 radical (unpaired) electrons. The lowest BCUT2D eigenvalue weighted by atomic mass is 10.1. The van der Waals surface area contributed by atoms with Gasteiger partial charge in [0.25, 0.3) is 5.91 Å². The second kappa shape index (κ2) is 7.19. The molecule has 0 unspecified atom stereocenters. The highest BCUT2D eigenvalue weighted by molar-refractivity contribution is 5.94. The first kappa shape index (κ1) is 16.7. The highest BCUT2D eigenvalue weighted by atomic mass is 16.5. The summed E-state index contributed by atoms with van der Waals surface area (Å²) in [6, 6.07) is 15.1. The van der Waals surface area contributed by atoms with Crippen molar-refractivity contribution in [1.29, 1.82) is 0 Å². The van der Waals surface area contributed by atoms with Crippen LogP contribution in [0.2, 0.25) is 0 Å². The van der Waals surface area contributed by atoms with Gasteiger partial charge in [-0.3, -0.25) is 4.79 Å². The van der Waals surface area contributed by atoms with Crippen LogP contribution in [-0.2, 0) is 4.79 Å². The molecule has 128 valence electrons. The summed E-state index contributed by atoms with van der Waals surface area (Å²) in [5.41, 5.74) is 6.01. The number of nitrogens with zero attached hydrogens (tertiary/aromatic N) is 1. The van der Waals surface area contributed by atoms with Crippen LogP contribution in [0.5, 0.6) is 5.75 Å². The number of aromatic nitrogens is 1. The van der Waals surface area contributed by atoms with E-state index in [4.69, 9.17) is 10.6 Å². The fraction of sp³-hybridized carbons (Fsp3) is 0.158. The number of amides is 1. The summed E-state index contributed by atoms with van der Waals surface area (Å²) in [7, 11) is 0. The summed E-state index contributed by atoms with van der Waals surface area (Å²) in [4.78, 5) is 16.7. The molecule has 6 heteroatoms. The van der Waals surface area contributed by atoms with Gasteiger partial charge in [-0.1, -0.05) is 30.3 Å². The van der Waals surface area contributed by atoms with Crippen molar-refractivity contribution >= 4 is 28.3 Å². The van der Waals surface area contributed by atoms with E-state index >= 15 is 0 Å². The summed E-state index contributed by atoms with van der Waals surface area (Å²) < 4.78 is 5.69. The van der Waals surface area contributed by atoms with Gasteiger partial charge in [-0.15, -0.1) is 0 Å². The number of anilines is 2. The molecule has 3 rings (SSSR count). The van der Waals surface area contributed by atoms with Gasteiger partial charge < -0.3 is 15.5 Å². The summed E-state index contributed by atoms with van der Waals surface area (Å²) in [5, 5.41) is 3.81. The number of aryl methyl sites for hydroxylation is 2. The van der Waals surface area contributed by atoms with Crippen molar-refractivity contribution in [3.05, 3.63) is 59.7 Å². The molecule has 0 aliphatic heterocycles. The van der Waals surface area contributed by atoms with Crippen molar-refractivity contribution in [2.75, 3.05) is 17.3 Å². The first-order chi connectivity index (χ1) is 12.1. The standard InChI is InChI=1S/C19H20N4O2/c1-12-5-3-6-13(2)18(12)22-17(24)11-25-15-8-4-7-14-9-10-16(23-20)21-19(14)15/h3-10H,11,20H2,1-2H3,(H,21,23)(H,22,24). The van der Waals surface area contributed by atoms with Crippen LogP contribution in [0, 0.1) is 13.8 Å². The number of rotatable bonds is 5. The average Bonchev–Trinajstić information content (AvgIpc) is 2.62. The van der Waals surface area contributed by atoms with Gasteiger partial charge in [-0.05, 0) is 43.2 Å². The van der Waals surface area contributed by atoms with Crippen LogP contribution in [0.25, 0.3) is 10.9 Å². The Morgan fingerprint density at radius 2 is 1.80 bits per heavy atom. The summed E-state index contributed by atoms with van der Waals surface area (Å²) >= 11 is 0. The molecule has 1 heterocycles. The third-order valence-electron chi connectivity index (χ3n) is 3.94. The number of pyridine rings is 1. The van der Waals surface area contributed by atoms with Gasteiger partial charge in [0.15, 0.2) is 6.61 Å². The van der Waals surface area contributed by atoms with Crippen LogP contribution in [0.1, 0.15) is 11.1 Å². The smallest absolute Gasteiger partial charge is 0.262 e. The Balaban J connectivity index is 1.75. The Bertz CT molecular complexity index is 904. The van der Waals surface area contributed by atoms with Crippen LogP contribution in [0.3, 0.4) is 0 Å². The second-order valence-corrected chi connectivity index (χ2v) is 5.77. The van der Waals surface area contributed by atoms with Crippen molar-refractivity contribution in [2.45, 2.75) is 13.8 Å². The van der Waals surface area contributed by atoms with Gasteiger partial charge in [0, 0.05) is 11.1 Å². The molecule has 0 fully saturated rings. The number of nitrogens with one attached hydrogen (secondary N) is 2. The number of nitrogens with two attached hydrogens (primary N) is 1. The number of para-hydroxylation sites is 2. The number of ether oxygens (including phenoxy) is 1. The van der Waals surface area contributed by atoms with E-state index in [0.717, 1.165) is 22.2 Å². The molecule has 0 aliphatic rings. The molecule has 3 aromatic rings. The Labute approximate surface area is 146 Å². The van der Waals surface area contributed by atoms with Crippen LogP contribution < -0.4 is 21.3 Å². The third-order valence-corrected chi connectivity index (χ3v) is 3.94. The highest BCUT2D eigenvalue weighted by Crippen LogP contribution is 2.25. The second-order valence-electron chi connectivity index (χ2n) is 5.77. The molecular formula is C19H20N4O2. The van der Waals surface area contributed by atoms with Crippen LogP contribution in [0.15, 0.2) is 48.5 Å². The number of fused-ring (bicyclic) bond motifs is 1. The van der Waals surface area contributed by atoms with Gasteiger partial charge in [-0.25, -0.2) is 10.8 Å². The number of carbonyl (C=O) groups is 1. The van der Waals surface area contributed by atoms with E-state index in [9.17, 15) is 4.79 Å². The Kier molecular flexibility index (Phi) is 4.81. The molecule has 0 atom stereocenters. The fourth-order valence-electron chi connectivity index (χ4n) is 2.65. The van der Waals surface area contributed by atoms with Crippen LogP contribution in [0.4, 0.5) is 11.5 Å². The summed E-state index contributed by atoms with van der Waals surface area (Å²) in [5.74, 6) is 6.25. The predicted octanol–water partition coefficient (Wildman–Crippen LogP) is 3.15. The highest BCUT2D eigenvalue weighted by Gasteiger charge is 2.10. The number of benzene rings is 2. The Morgan fingerprint density at radius 1 is 1.08 bits per heavy atom. The number of nitrogen functional groups attached to an aromatic ring is 1. The Morgan fingerprint density at radius 3 is 2.52 bits per heavy atom. The first-order valence-electron chi connectivity index (χ1n) is 7.94. The first-order valence-corrected chi connectivity index (χ1v) is 7.94. The minimum atomic E-state index is -0.220. The van der Waals surface area contributed by atoms with Crippen molar-refractivity contribution in [3.8, 4) is 5.75 Å². The van der Waals surface area contributed by atoms with Crippen molar-refractivity contribution in [2.24, 2.45) is 5.84 Å². The summed E-state index contributed by atoms with van der Waals surface area (Å²) in [6.45, 7) is 3.81. The molecule has 0 bridgehead atoms. The van der Waals surface area contributed by atoms with Crippen molar-refractivity contribution in [3.63, 3.8) is 0 Å². The van der Waals surface area contributed by atoms with Crippen LogP contribution in [-0.4, -0.2) is 17.5 Å². The number of hydrogen-bond acceptors (Lipinski definition) is 5. The zero-order chi connectivity index (χ0) is 17.8. The monoisotopic (exact) mass is 336 g/mol. The van der Waals surface area contributed by atoms with Crippen molar-refractivity contribution in [1.82, 2.24) is 4.98 Å². The van der Waals surface area contributed by atoms with E-state index in [-0.39, 0.29) is 12.5 Å². The van der Waals surface area contributed by atoms with Gasteiger partial charge in [0.05, 0.1) is 0 Å². The minimum absolute atomic E-state index is 0.102. The fourth-order valence-corrected chi connectivity index (χ4v) is 2.65. The van der Waals surface area contributed by atoms with Gasteiger partial charge in [0.1, 0.15) is 17.1 Å². The largest absolute Gasteiger partial charge is 0.481 e. The lowest BCUT2D eigenvalue weighted by Gasteiger charge is -2.13. The van der Waals surface area contributed by atoms with Gasteiger partial charge >= 0.3 is 0 Å². The molecule has 0 saturated heterocycles. The summed E-state index contributed by atoms with van der Waals surface area (Å²) in [6.07, 6.45) is 0. The van der Waals surface area contributed by atoms with Crippen LogP contribution >= 0.6 is 0 Å². The number of hydrogen-bond donors (Lipinski definition) is 3. The third kappa shape index (κ3) is 3.70. The van der Waals surface area contributed by atoms with Crippen molar-refractivity contribution < 1.29 is 9.53 Å². The lowest BCUT2D eigenvalue weighted by Crippen LogP contribution is -2.21. The quantitative estimate of drug-likeness (QED) is 0.492. The Hall–Kier alpha value is -3.12. The number of carbonyl (C=O) groups excluding carboxylic acids is 1. The lowest BCUT2D eigenvalue weighted by molar-refractivity contribution is -0.118. The molecule has 1 amide bonds. The molecule has 0 saturated carbocycles. The normalized spacial score (nSPS) is 10.5.